The van der Waals surface area contributed by atoms with Crippen LogP contribution in [-0.4, -0.2) is 62.0 Å². The van der Waals surface area contributed by atoms with E-state index in [1.807, 2.05) is 19.9 Å². The van der Waals surface area contributed by atoms with Gasteiger partial charge in [-0.1, -0.05) is 35.0 Å². The van der Waals surface area contributed by atoms with Crippen LogP contribution in [0.5, 0.6) is 5.75 Å². The summed E-state index contributed by atoms with van der Waals surface area (Å²) in [5.74, 6) is -1.03. The van der Waals surface area contributed by atoms with Crippen LogP contribution in [0.15, 0.2) is 46.9 Å². The molecule has 11 nitrogen and oxygen atoms in total. The Labute approximate surface area is 225 Å². The Balaban J connectivity index is 2.51. The minimum Gasteiger partial charge on any atom is -0.495 e. The van der Waals surface area contributed by atoms with E-state index in [0.29, 0.717) is 12.0 Å². The number of nitro benzene ring substituents is 1. The van der Waals surface area contributed by atoms with Crippen LogP contribution in [0.3, 0.4) is 0 Å². The third-order valence-electron chi connectivity index (χ3n) is 5.73. The van der Waals surface area contributed by atoms with Crippen LogP contribution < -0.4 is 14.4 Å². The van der Waals surface area contributed by atoms with Crippen molar-refractivity contribution in [3.05, 3.63) is 62.6 Å². The largest absolute Gasteiger partial charge is 0.495 e. The highest BCUT2D eigenvalue weighted by Crippen LogP contribution is 2.34. The van der Waals surface area contributed by atoms with E-state index in [4.69, 9.17) is 4.74 Å². The predicted molar refractivity (Wildman–Crippen MR) is 144 cm³/mol. The zero-order valence-electron chi connectivity index (χ0n) is 21.3. The van der Waals surface area contributed by atoms with Gasteiger partial charge in [0.15, 0.2) is 0 Å². The van der Waals surface area contributed by atoms with Gasteiger partial charge in [0.25, 0.3) is 5.69 Å². The zero-order valence-corrected chi connectivity index (χ0v) is 23.7. The molecule has 0 aliphatic heterocycles. The molecule has 0 aliphatic carbocycles. The van der Waals surface area contributed by atoms with Crippen LogP contribution in [0.2, 0.25) is 0 Å². The third kappa shape index (κ3) is 8.15. The molecule has 202 valence electrons. The number of nitrogens with zero attached hydrogens (tertiary/aromatic N) is 3. The molecule has 0 unspecified atom stereocenters. The van der Waals surface area contributed by atoms with Crippen molar-refractivity contribution in [1.29, 1.82) is 0 Å². The number of sulfonamides is 1. The Morgan fingerprint density at radius 1 is 1.19 bits per heavy atom. The maximum Gasteiger partial charge on any atom is 0.271 e. The molecule has 0 aromatic heterocycles. The van der Waals surface area contributed by atoms with E-state index in [2.05, 4.69) is 21.2 Å². The molecule has 0 saturated carbocycles. The number of amides is 2. The Hall–Kier alpha value is -3.19. The quantitative estimate of drug-likeness (QED) is 0.291. The first-order valence-electron chi connectivity index (χ1n) is 11.4. The maximum absolute atomic E-state index is 13.6. The summed E-state index contributed by atoms with van der Waals surface area (Å²) in [6.07, 6.45) is 1.57. The van der Waals surface area contributed by atoms with E-state index < -0.39 is 39.3 Å². The van der Waals surface area contributed by atoms with Gasteiger partial charge >= 0.3 is 0 Å². The second-order valence-electron chi connectivity index (χ2n) is 8.53. The lowest BCUT2D eigenvalue weighted by atomic mass is 10.1. The van der Waals surface area contributed by atoms with Crippen LogP contribution in [0.25, 0.3) is 0 Å². The Kier molecular flexibility index (Phi) is 10.4. The minimum absolute atomic E-state index is 0.0248. The summed E-state index contributed by atoms with van der Waals surface area (Å²) < 4.78 is 32.3. The highest BCUT2D eigenvalue weighted by atomic mass is 79.9. The van der Waals surface area contributed by atoms with Gasteiger partial charge in [-0.3, -0.25) is 24.0 Å². The number of hydrogen-bond acceptors (Lipinski definition) is 7. The Bertz CT molecular complexity index is 1260. The van der Waals surface area contributed by atoms with Crippen molar-refractivity contribution in [1.82, 2.24) is 10.2 Å². The molecule has 0 saturated heterocycles. The number of anilines is 1. The van der Waals surface area contributed by atoms with E-state index >= 15 is 0 Å². The van der Waals surface area contributed by atoms with Gasteiger partial charge in [0.2, 0.25) is 21.8 Å². The summed E-state index contributed by atoms with van der Waals surface area (Å²) >= 11 is 3.39. The van der Waals surface area contributed by atoms with E-state index in [-0.39, 0.29) is 29.7 Å². The first kappa shape index (κ1) is 30.0. The first-order valence-corrected chi connectivity index (χ1v) is 14.1. The zero-order chi connectivity index (χ0) is 27.9. The highest BCUT2D eigenvalue weighted by Gasteiger charge is 2.32. The number of nitro groups is 1. The number of carbonyl (C=O) groups is 2. The van der Waals surface area contributed by atoms with E-state index in [0.717, 1.165) is 21.1 Å². The number of benzene rings is 2. The summed E-state index contributed by atoms with van der Waals surface area (Å²) in [6, 6.07) is 9.57. The fourth-order valence-corrected chi connectivity index (χ4v) is 4.75. The summed E-state index contributed by atoms with van der Waals surface area (Å²) in [6.45, 7) is 4.64. The number of halogens is 1. The number of hydrogen-bond donors (Lipinski definition) is 1. The predicted octanol–water partition coefficient (Wildman–Crippen LogP) is 3.46. The number of non-ortho nitro benzene ring substituents is 1. The molecule has 2 aromatic carbocycles. The first-order chi connectivity index (χ1) is 17.3. The third-order valence-corrected chi connectivity index (χ3v) is 7.35. The van der Waals surface area contributed by atoms with Gasteiger partial charge in [0.1, 0.15) is 24.0 Å². The second-order valence-corrected chi connectivity index (χ2v) is 11.4. The van der Waals surface area contributed by atoms with E-state index in [1.54, 1.807) is 25.1 Å². The number of rotatable bonds is 12. The molecule has 1 N–H and O–H groups in total. The monoisotopic (exact) mass is 598 g/mol. The molecule has 0 bridgehead atoms. The summed E-state index contributed by atoms with van der Waals surface area (Å²) in [7, 11) is -2.81. The molecule has 0 heterocycles. The molecule has 0 spiro atoms. The Morgan fingerprint density at radius 2 is 1.86 bits per heavy atom. The molecule has 0 fully saturated rings. The van der Waals surface area contributed by atoms with Crippen molar-refractivity contribution in [2.24, 2.45) is 0 Å². The average Bonchev–Trinajstić information content (AvgIpc) is 2.83. The van der Waals surface area contributed by atoms with Gasteiger partial charge in [-0.2, -0.15) is 0 Å². The van der Waals surface area contributed by atoms with Gasteiger partial charge < -0.3 is 15.0 Å². The molecular weight excluding hydrogens is 568 g/mol. The normalized spacial score (nSPS) is 12.8. The van der Waals surface area contributed by atoms with Crippen LogP contribution >= 0.6 is 15.9 Å². The molecule has 0 radical (unpaired) electrons. The standard InChI is InChI=1S/C24H31BrN4O7S/c1-6-16(2)26-24(31)17(3)27(14-18-8-7-9-19(25)12-18)23(30)15-28(37(5,34)35)21-13-20(29(32)33)10-11-22(21)36-4/h7-13,16-17H,6,14-15H2,1-5H3,(H,26,31)/t16-,17-/m1/s1. The van der Waals surface area contributed by atoms with Crippen LogP contribution in [-0.2, 0) is 26.2 Å². The van der Waals surface area contributed by atoms with Crippen LogP contribution in [0, 0.1) is 10.1 Å². The fraction of sp³-hybridized carbons (Fsp3) is 0.417. The van der Waals surface area contributed by atoms with Crippen molar-refractivity contribution < 1.29 is 27.7 Å². The average molecular weight is 600 g/mol. The fourth-order valence-electron chi connectivity index (χ4n) is 3.46. The number of ether oxygens (including phenoxy) is 1. The lowest BCUT2D eigenvalue weighted by molar-refractivity contribution is -0.384. The minimum atomic E-state index is -4.09. The van der Waals surface area contributed by atoms with E-state index in [9.17, 15) is 28.1 Å². The number of nitrogens with one attached hydrogen (secondary N) is 1. The number of carbonyl (C=O) groups excluding carboxylic acids is 2. The van der Waals surface area contributed by atoms with Gasteiger partial charge in [-0.05, 0) is 44.0 Å². The molecule has 37 heavy (non-hydrogen) atoms. The van der Waals surface area contributed by atoms with Crippen molar-refractivity contribution in [2.45, 2.75) is 45.8 Å². The van der Waals surface area contributed by atoms with Gasteiger partial charge in [-0.25, -0.2) is 8.42 Å². The van der Waals surface area contributed by atoms with Crippen molar-refractivity contribution >= 4 is 49.1 Å². The van der Waals surface area contributed by atoms with Gasteiger partial charge in [0.05, 0.1) is 18.3 Å². The molecule has 2 rings (SSSR count). The second kappa shape index (κ2) is 12.9. The lowest BCUT2D eigenvalue weighted by Gasteiger charge is -2.32. The highest BCUT2D eigenvalue weighted by molar-refractivity contribution is 9.10. The molecular formula is C24H31BrN4O7S. The van der Waals surface area contributed by atoms with Gasteiger partial charge in [0, 0.05) is 29.2 Å². The molecule has 2 amide bonds. The molecule has 0 aliphatic rings. The summed E-state index contributed by atoms with van der Waals surface area (Å²) in [5, 5.41) is 14.2. The SMILES string of the molecule is CC[C@@H](C)NC(=O)[C@@H](C)N(Cc1cccc(Br)c1)C(=O)CN(c1cc([N+](=O)[O-])ccc1OC)S(C)(=O)=O. The number of methoxy groups -OCH3 is 1. The molecule has 13 heteroatoms. The van der Waals surface area contributed by atoms with Crippen LogP contribution in [0.1, 0.15) is 32.8 Å². The van der Waals surface area contributed by atoms with Gasteiger partial charge in [-0.15, -0.1) is 0 Å². The van der Waals surface area contributed by atoms with Crippen LogP contribution in [0.4, 0.5) is 11.4 Å². The summed E-state index contributed by atoms with van der Waals surface area (Å²) in [5.41, 5.74) is 0.181. The molecule has 2 aromatic rings. The van der Waals surface area contributed by atoms with E-state index in [1.165, 1.54) is 24.1 Å². The smallest absolute Gasteiger partial charge is 0.271 e. The topological polar surface area (TPSA) is 139 Å². The van der Waals surface area contributed by atoms with Crippen molar-refractivity contribution in [3.8, 4) is 5.75 Å². The Morgan fingerprint density at radius 3 is 2.41 bits per heavy atom. The summed E-state index contributed by atoms with van der Waals surface area (Å²) in [4.78, 5) is 38.5. The molecule has 2 atom stereocenters. The lowest BCUT2D eigenvalue weighted by Crippen LogP contribution is -2.52. The van der Waals surface area contributed by atoms with Crippen molar-refractivity contribution in [3.63, 3.8) is 0 Å². The maximum atomic E-state index is 13.6. The van der Waals surface area contributed by atoms with Crippen molar-refractivity contribution in [2.75, 3.05) is 24.2 Å².